The number of hydrogen-bond donors (Lipinski definition) is 2. The molecule has 2 amide bonds. The van der Waals surface area contributed by atoms with Crippen LogP contribution in [-0.2, 0) is 0 Å². The Morgan fingerprint density at radius 1 is 1.32 bits per heavy atom. The number of nitrogens with one attached hydrogen (secondary N) is 2. The number of anilines is 2. The molecule has 4 rings (SSSR count). The summed E-state index contributed by atoms with van der Waals surface area (Å²) in [5.41, 5.74) is 1.44. The molecular weight excluding hydrogens is 378 g/mol. The molecule has 1 aliphatic rings. The van der Waals surface area contributed by atoms with Crippen LogP contribution >= 0.6 is 11.6 Å². The highest BCUT2D eigenvalue weighted by Crippen LogP contribution is 2.28. The largest absolute Gasteiger partial charge is 0.354 e. The van der Waals surface area contributed by atoms with Crippen LogP contribution in [0.3, 0.4) is 0 Å². The monoisotopic (exact) mass is 399 g/mol. The summed E-state index contributed by atoms with van der Waals surface area (Å²) in [5, 5.41) is 4.27. The number of aromatic nitrogens is 4. The topological polar surface area (TPSA) is 90.0 Å². The van der Waals surface area contributed by atoms with Crippen LogP contribution in [-0.4, -0.2) is 57.0 Å². The van der Waals surface area contributed by atoms with E-state index >= 15 is 0 Å². The number of urea groups is 1. The van der Waals surface area contributed by atoms with Crippen molar-refractivity contribution in [3.8, 4) is 0 Å². The maximum Gasteiger partial charge on any atom is 0.321 e. The van der Waals surface area contributed by atoms with Crippen molar-refractivity contribution < 1.29 is 4.79 Å². The van der Waals surface area contributed by atoms with Gasteiger partial charge >= 0.3 is 6.03 Å². The van der Waals surface area contributed by atoms with E-state index in [1.54, 1.807) is 24.7 Å². The van der Waals surface area contributed by atoms with Gasteiger partial charge < -0.3 is 20.1 Å². The number of fused-ring (bicyclic) bond motifs is 1. The standard InChI is InChI=1S/C19H22ClN7O/c1-12-6-8-27(19(28)25-13-3-4-16(20)22-9-13)10-15(12)26(2)18-14-5-7-21-17(14)23-11-24-18/h3-5,7,9,11-12,15H,6,8,10H2,1-2H3,(H,25,28)(H,21,23,24). The number of carbonyl (C=O) groups excluding carboxylic acids is 1. The van der Waals surface area contributed by atoms with Gasteiger partial charge in [-0.2, -0.15) is 0 Å². The number of hydrogen-bond acceptors (Lipinski definition) is 5. The number of likely N-dealkylation sites (N-methyl/N-ethyl adjacent to an activating group) is 1. The SMILES string of the molecule is CC1CCN(C(=O)Nc2ccc(Cl)nc2)CC1N(C)c1ncnc2[nH]ccc12. The van der Waals surface area contributed by atoms with E-state index in [9.17, 15) is 4.79 Å². The van der Waals surface area contributed by atoms with E-state index in [0.717, 1.165) is 23.3 Å². The zero-order valence-electron chi connectivity index (χ0n) is 15.8. The van der Waals surface area contributed by atoms with E-state index in [-0.39, 0.29) is 12.1 Å². The molecule has 2 unspecified atom stereocenters. The highest BCUT2D eigenvalue weighted by molar-refractivity contribution is 6.29. The van der Waals surface area contributed by atoms with E-state index in [1.165, 1.54) is 0 Å². The Morgan fingerprint density at radius 2 is 2.18 bits per heavy atom. The van der Waals surface area contributed by atoms with Crippen LogP contribution in [0.15, 0.2) is 36.9 Å². The summed E-state index contributed by atoms with van der Waals surface area (Å²) in [5.74, 6) is 1.29. The van der Waals surface area contributed by atoms with E-state index in [2.05, 4.69) is 37.1 Å². The van der Waals surface area contributed by atoms with Gasteiger partial charge in [0.2, 0.25) is 0 Å². The van der Waals surface area contributed by atoms with Crippen LogP contribution in [0.4, 0.5) is 16.3 Å². The predicted molar refractivity (Wildman–Crippen MR) is 110 cm³/mol. The van der Waals surface area contributed by atoms with Gasteiger partial charge in [-0.1, -0.05) is 18.5 Å². The number of amides is 2. The van der Waals surface area contributed by atoms with Crippen molar-refractivity contribution in [1.29, 1.82) is 0 Å². The number of rotatable bonds is 3. The molecule has 1 fully saturated rings. The first kappa shape index (κ1) is 18.5. The van der Waals surface area contributed by atoms with Crippen molar-refractivity contribution in [2.75, 3.05) is 30.4 Å². The van der Waals surface area contributed by atoms with Crippen LogP contribution in [0.1, 0.15) is 13.3 Å². The molecular formula is C19H22ClN7O. The quantitative estimate of drug-likeness (QED) is 0.659. The van der Waals surface area contributed by atoms with Crippen LogP contribution in [0.5, 0.6) is 0 Å². The van der Waals surface area contributed by atoms with E-state index in [4.69, 9.17) is 11.6 Å². The lowest BCUT2D eigenvalue weighted by Crippen LogP contribution is -2.53. The third-order valence-corrected chi connectivity index (χ3v) is 5.57. The van der Waals surface area contributed by atoms with Crippen LogP contribution < -0.4 is 10.2 Å². The highest BCUT2D eigenvalue weighted by Gasteiger charge is 2.32. The lowest BCUT2D eigenvalue weighted by molar-refractivity contribution is 0.172. The molecule has 0 radical (unpaired) electrons. The minimum Gasteiger partial charge on any atom is -0.354 e. The molecule has 0 spiro atoms. The third-order valence-electron chi connectivity index (χ3n) is 5.35. The number of nitrogens with zero attached hydrogens (tertiary/aromatic N) is 5. The Morgan fingerprint density at radius 3 is 2.96 bits per heavy atom. The zero-order chi connectivity index (χ0) is 19.7. The molecule has 3 aromatic rings. The average molecular weight is 400 g/mol. The smallest absolute Gasteiger partial charge is 0.321 e. The number of likely N-dealkylation sites (tertiary alicyclic amines) is 1. The molecule has 0 bridgehead atoms. The van der Waals surface area contributed by atoms with Crippen molar-refractivity contribution in [2.45, 2.75) is 19.4 Å². The summed E-state index contributed by atoms with van der Waals surface area (Å²) < 4.78 is 0. The number of aromatic amines is 1. The van der Waals surface area contributed by atoms with E-state index in [0.29, 0.717) is 29.8 Å². The Balaban J connectivity index is 1.50. The van der Waals surface area contributed by atoms with Gasteiger partial charge in [-0.3, -0.25) is 0 Å². The Bertz CT molecular complexity index is 974. The van der Waals surface area contributed by atoms with Gasteiger partial charge in [-0.25, -0.2) is 19.7 Å². The first-order chi connectivity index (χ1) is 13.5. The third kappa shape index (κ3) is 3.60. The second-order valence-electron chi connectivity index (χ2n) is 7.13. The molecule has 1 saturated heterocycles. The Kier molecular flexibility index (Phi) is 5.04. The van der Waals surface area contributed by atoms with Gasteiger partial charge in [0.05, 0.1) is 23.3 Å². The number of piperidine rings is 1. The predicted octanol–water partition coefficient (Wildman–Crippen LogP) is 3.39. The molecule has 28 heavy (non-hydrogen) atoms. The Labute approximate surface area is 167 Å². The molecule has 0 aliphatic carbocycles. The number of carbonyl (C=O) groups is 1. The Hall–Kier alpha value is -2.87. The molecule has 146 valence electrons. The number of pyridine rings is 1. The van der Waals surface area contributed by atoms with Crippen molar-refractivity contribution in [3.05, 3.63) is 42.1 Å². The lowest BCUT2D eigenvalue weighted by atomic mass is 9.92. The van der Waals surface area contributed by atoms with Crippen molar-refractivity contribution in [3.63, 3.8) is 0 Å². The molecule has 2 atom stereocenters. The van der Waals surface area contributed by atoms with Gasteiger partial charge in [0.1, 0.15) is 22.9 Å². The summed E-state index contributed by atoms with van der Waals surface area (Å²) >= 11 is 5.81. The van der Waals surface area contributed by atoms with Crippen molar-refractivity contribution >= 4 is 40.2 Å². The van der Waals surface area contributed by atoms with Crippen molar-refractivity contribution in [1.82, 2.24) is 24.8 Å². The molecule has 4 heterocycles. The molecule has 0 aromatic carbocycles. The summed E-state index contributed by atoms with van der Waals surface area (Å²) in [6.45, 7) is 3.54. The van der Waals surface area contributed by atoms with Gasteiger partial charge in [0, 0.05) is 26.3 Å². The first-order valence-corrected chi connectivity index (χ1v) is 9.59. The highest BCUT2D eigenvalue weighted by atomic mass is 35.5. The normalized spacial score (nSPS) is 19.6. The fraction of sp³-hybridized carbons (Fsp3) is 0.368. The molecule has 8 nitrogen and oxygen atoms in total. The molecule has 2 N–H and O–H groups in total. The number of H-pyrrole nitrogens is 1. The summed E-state index contributed by atoms with van der Waals surface area (Å²) in [7, 11) is 2.03. The zero-order valence-corrected chi connectivity index (χ0v) is 16.5. The fourth-order valence-electron chi connectivity index (χ4n) is 3.69. The molecule has 1 aliphatic heterocycles. The van der Waals surface area contributed by atoms with Crippen LogP contribution in [0, 0.1) is 5.92 Å². The lowest BCUT2D eigenvalue weighted by Gasteiger charge is -2.42. The van der Waals surface area contributed by atoms with Gasteiger partial charge in [-0.15, -0.1) is 0 Å². The van der Waals surface area contributed by atoms with Crippen LogP contribution in [0.25, 0.3) is 11.0 Å². The van der Waals surface area contributed by atoms with Gasteiger partial charge in [0.25, 0.3) is 0 Å². The second kappa shape index (κ2) is 7.63. The summed E-state index contributed by atoms with van der Waals surface area (Å²) in [4.78, 5) is 32.6. The molecule has 0 saturated carbocycles. The van der Waals surface area contributed by atoms with Gasteiger partial charge in [-0.05, 0) is 30.5 Å². The fourth-order valence-corrected chi connectivity index (χ4v) is 3.80. The minimum atomic E-state index is -0.135. The molecule has 3 aromatic heterocycles. The maximum absolute atomic E-state index is 12.7. The summed E-state index contributed by atoms with van der Waals surface area (Å²) in [6.07, 6.45) is 5.90. The van der Waals surface area contributed by atoms with Crippen molar-refractivity contribution in [2.24, 2.45) is 5.92 Å². The minimum absolute atomic E-state index is 0.135. The summed E-state index contributed by atoms with van der Waals surface area (Å²) in [6, 6.07) is 5.39. The average Bonchev–Trinajstić information content (AvgIpc) is 3.18. The second-order valence-corrected chi connectivity index (χ2v) is 7.51. The van der Waals surface area contributed by atoms with E-state index in [1.807, 2.05) is 24.2 Å². The number of halogens is 1. The molecule has 9 heteroatoms. The van der Waals surface area contributed by atoms with Gasteiger partial charge in [0.15, 0.2) is 0 Å². The van der Waals surface area contributed by atoms with E-state index < -0.39 is 0 Å². The van der Waals surface area contributed by atoms with Crippen LogP contribution in [0.2, 0.25) is 5.15 Å². The first-order valence-electron chi connectivity index (χ1n) is 9.21. The maximum atomic E-state index is 12.7.